The number of benzene rings is 2. The predicted octanol–water partition coefficient (Wildman–Crippen LogP) is 5.85. The zero-order valence-corrected chi connectivity index (χ0v) is 22.1. The number of thiazole rings is 1. The lowest BCUT2D eigenvalue weighted by atomic mass is 10.2. The van der Waals surface area contributed by atoms with Gasteiger partial charge in [-0.1, -0.05) is 46.1 Å². The van der Waals surface area contributed by atoms with Gasteiger partial charge in [0.15, 0.2) is 11.7 Å². The van der Waals surface area contributed by atoms with Gasteiger partial charge in [0.2, 0.25) is 9.84 Å². The van der Waals surface area contributed by atoms with Gasteiger partial charge in [-0.2, -0.15) is 0 Å². The van der Waals surface area contributed by atoms with E-state index in [1.54, 1.807) is 6.07 Å². The third kappa shape index (κ3) is 5.31. The van der Waals surface area contributed by atoms with E-state index in [2.05, 4.69) is 10.3 Å². The molecule has 0 aliphatic heterocycles. The fraction of sp³-hybridized carbons (Fsp3) is 0.0500. The van der Waals surface area contributed by atoms with Gasteiger partial charge in [0.1, 0.15) is 9.09 Å². The number of anilines is 1. The van der Waals surface area contributed by atoms with Gasteiger partial charge in [-0.05, 0) is 24.3 Å². The van der Waals surface area contributed by atoms with Crippen molar-refractivity contribution in [3.63, 3.8) is 0 Å². The molecule has 0 aliphatic rings. The summed E-state index contributed by atoms with van der Waals surface area (Å²) in [5, 5.41) is 14.2. The molecule has 10 nitrogen and oxygen atoms in total. The lowest BCUT2D eigenvalue weighted by Crippen LogP contribution is -2.20. The van der Waals surface area contributed by atoms with Crippen molar-refractivity contribution in [1.29, 1.82) is 0 Å². The van der Waals surface area contributed by atoms with Crippen molar-refractivity contribution in [3.8, 4) is 0 Å². The summed E-state index contributed by atoms with van der Waals surface area (Å²) in [6, 6.07) is 7.41. The Morgan fingerprint density at radius 3 is 2.47 bits per heavy atom. The molecule has 0 spiro atoms. The number of hydrogen-bond acceptors (Lipinski definition) is 10. The molecule has 16 heteroatoms. The van der Waals surface area contributed by atoms with E-state index in [9.17, 15) is 28.1 Å². The number of nitrogens with zero attached hydrogens (tertiary/aromatic N) is 2. The lowest BCUT2D eigenvalue weighted by molar-refractivity contribution is -0.384. The topological polar surface area (TPSA) is 146 Å². The first-order valence-electron chi connectivity index (χ1n) is 9.46. The monoisotopic (exact) mass is 605 g/mol. The van der Waals surface area contributed by atoms with Crippen molar-refractivity contribution in [2.45, 2.75) is 9.10 Å². The number of hydrogen-bond donors (Lipinski definition) is 1. The molecular formula is C20H10Cl3N3O7S3. The van der Waals surface area contributed by atoms with Gasteiger partial charge in [-0.15, -0.1) is 11.3 Å². The van der Waals surface area contributed by atoms with Crippen molar-refractivity contribution in [3.05, 3.63) is 72.7 Å². The van der Waals surface area contributed by atoms with Gasteiger partial charge >= 0.3 is 5.97 Å². The first kappa shape index (κ1) is 26.3. The number of amides is 1. The minimum absolute atomic E-state index is 0.0364. The van der Waals surface area contributed by atoms with Crippen LogP contribution in [0.2, 0.25) is 15.1 Å². The standard InChI is InChI=1S/C20H10Cl3N3O7S3/c21-9-5-12(22)16-13(6-9)34-18(17(16)23)19(28)33-8-14(27)25-20-24-7-15(35-20)36(31,32)11-3-1-10(2-4-11)26(29)30/h1-7H,8H2,(H,24,25,27). The molecule has 0 bridgehead atoms. The first-order chi connectivity index (χ1) is 17.0. The SMILES string of the molecule is O=C(COC(=O)c1sc2cc(Cl)cc(Cl)c2c1Cl)Nc1ncc(S(=O)(=O)c2ccc([N+](=O)[O-])cc2)s1. The third-order valence-electron chi connectivity index (χ3n) is 4.52. The van der Waals surface area contributed by atoms with Crippen LogP contribution >= 0.6 is 57.5 Å². The number of carbonyl (C=O) groups is 2. The summed E-state index contributed by atoms with van der Waals surface area (Å²) in [6.45, 7) is -0.693. The number of rotatable bonds is 7. The number of nitro groups is 1. The van der Waals surface area contributed by atoms with Gasteiger partial charge in [0.05, 0.1) is 26.1 Å². The smallest absolute Gasteiger partial charge is 0.350 e. The van der Waals surface area contributed by atoms with Crippen LogP contribution in [0.4, 0.5) is 10.8 Å². The molecule has 0 saturated carbocycles. The summed E-state index contributed by atoms with van der Waals surface area (Å²) >= 11 is 20.0. The summed E-state index contributed by atoms with van der Waals surface area (Å²) in [5.74, 6) is -1.63. The molecule has 0 atom stereocenters. The molecule has 186 valence electrons. The first-order valence-corrected chi connectivity index (χ1v) is 13.7. The molecule has 2 heterocycles. The largest absolute Gasteiger partial charge is 0.451 e. The van der Waals surface area contributed by atoms with Crippen LogP contribution in [0, 0.1) is 10.1 Å². The maximum Gasteiger partial charge on any atom is 0.350 e. The van der Waals surface area contributed by atoms with E-state index in [0.29, 0.717) is 26.4 Å². The molecular weight excluding hydrogens is 597 g/mol. The summed E-state index contributed by atoms with van der Waals surface area (Å²) in [6.07, 6.45) is 1.04. The minimum atomic E-state index is -4.02. The Labute approximate surface area is 225 Å². The van der Waals surface area contributed by atoms with Crippen molar-refractivity contribution < 1.29 is 27.7 Å². The molecule has 4 rings (SSSR count). The van der Waals surface area contributed by atoms with Crippen LogP contribution in [0.3, 0.4) is 0 Å². The van der Waals surface area contributed by atoms with Gasteiger partial charge in [-0.25, -0.2) is 18.2 Å². The van der Waals surface area contributed by atoms with Crippen LogP contribution in [0.1, 0.15) is 9.67 Å². The van der Waals surface area contributed by atoms with Gasteiger partial charge < -0.3 is 4.74 Å². The number of aromatic nitrogens is 1. The van der Waals surface area contributed by atoms with Crippen molar-refractivity contribution in [2.24, 2.45) is 0 Å². The zero-order valence-electron chi connectivity index (χ0n) is 17.4. The second kappa shape index (κ2) is 10.3. The van der Waals surface area contributed by atoms with E-state index in [4.69, 9.17) is 39.5 Å². The van der Waals surface area contributed by atoms with Gasteiger partial charge in [0.25, 0.3) is 11.6 Å². The average molecular weight is 607 g/mol. The van der Waals surface area contributed by atoms with Gasteiger partial charge in [0, 0.05) is 27.2 Å². The highest BCUT2D eigenvalue weighted by Gasteiger charge is 2.24. The van der Waals surface area contributed by atoms with Crippen LogP contribution in [0.15, 0.2) is 51.7 Å². The Morgan fingerprint density at radius 1 is 1.11 bits per heavy atom. The second-order valence-electron chi connectivity index (χ2n) is 6.87. The quantitative estimate of drug-likeness (QED) is 0.156. The van der Waals surface area contributed by atoms with Crippen LogP contribution in [-0.2, 0) is 19.4 Å². The van der Waals surface area contributed by atoms with E-state index < -0.39 is 33.2 Å². The molecule has 1 amide bonds. The van der Waals surface area contributed by atoms with E-state index in [-0.39, 0.29) is 34.8 Å². The molecule has 0 radical (unpaired) electrons. The molecule has 0 aliphatic carbocycles. The maximum atomic E-state index is 12.7. The number of esters is 1. The molecule has 2 aromatic heterocycles. The average Bonchev–Trinajstić information content (AvgIpc) is 3.42. The van der Waals surface area contributed by atoms with Crippen molar-refractivity contribution >= 4 is 100 Å². The van der Waals surface area contributed by atoms with Gasteiger partial charge in [-0.3, -0.25) is 20.2 Å². The summed E-state index contributed by atoms with van der Waals surface area (Å²) in [5.41, 5.74) is -0.260. The Hall–Kier alpha value is -2.81. The lowest BCUT2D eigenvalue weighted by Gasteiger charge is -2.04. The molecule has 2 aromatic carbocycles. The third-order valence-corrected chi connectivity index (χ3v) is 9.79. The molecule has 0 unspecified atom stereocenters. The van der Waals surface area contributed by atoms with E-state index in [0.717, 1.165) is 41.8 Å². The Morgan fingerprint density at radius 2 is 1.81 bits per heavy atom. The van der Waals surface area contributed by atoms with E-state index in [1.807, 2.05) is 0 Å². The molecule has 4 aromatic rings. The van der Waals surface area contributed by atoms with Crippen LogP contribution < -0.4 is 5.32 Å². The zero-order chi connectivity index (χ0) is 26.2. The van der Waals surface area contributed by atoms with E-state index >= 15 is 0 Å². The second-order valence-corrected chi connectivity index (χ2v) is 12.4. The fourth-order valence-corrected chi connectivity index (χ4v) is 7.61. The normalized spacial score (nSPS) is 11.4. The number of nitro benzene ring substituents is 1. The predicted molar refractivity (Wildman–Crippen MR) is 136 cm³/mol. The van der Waals surface area contributed by atoms with Crippen LogP contribution in [0.25, 0.3) is 10.1 Å². The van der Waals surface area contributed by atoms with Crippen LogP contribution in [-0.4, -0.2) is 36.8 Å². The summed E-state index contributed by atoms with van der Waals surface area (Å²) in [7, 11) is -4.02. The number of carbonyl (C=O) groups excluding carboxylic acids is 2. The summed E-state index contributed by atoms with van der Waals surface area (Å²) < 4.78 is 30.8. The molecule has 0 fully saturated rings. The van der Waals surface area contributed by atoms with Crippen molar-refractivity contribution in [2.75, 3.05) is 11.9 Å². The highest BCUT2D eigenvalue weighted by Crippen LogP contribution is 2.41. The number of non-ortho nitro benzene ring substituents is 1. The number of halogens is 3. The number of ether oxygens (including phenoxy) is 1. The fourth-order valence-electron chi connectivity index (χ4n) is 2.90. The Kier molecular flexibility index (Phi) is 7.50. The van der Waals surface area contributed by atoms with E-state index in [1.165, 1.54) is 6.07 Å². The summed E-state index contributed by atoms with van der Waals surface area (Å²) in [4.78, 5) is 38.5. The Balaban J connectivity index is 1.41. The number of thiophene rings is 1. The molecule has 1 N–H and O–H groups in total. The Bertz CT molecular complexity index is 1630. The maximum absolute atomic E-state index is 12.7. The highest BCUT2D eigenvalue weighted by atomic mass is 35.5. The number of sulfone groups is 1. The number of nitrogens with one attached hydrogen (secondary N) is 1. The molecule has 36 heavy (non-hydrogen) atoms. The number of fused-ring (bicyclic) bond motifs is 1. The highest BCUT2D eigenvalue weighted by molar-refractivity contribution is 7.93. The minimum Gasteiger partial charge on any atom is -0.451 e. The molecule has 0 saturated heterocycles. The van der Waals surface area contributed by atoms with Crippen molar-refractivity contribution in [1.82, 2.24) is 4.98 Å². The van der Waals surface area contributed by atoms with Crippen LogP contribution in [0.5, 0.6) is 0 Å².